The molecule has 25 heteroatoms. The van der Waals surface area contributed by atoms with Gasteiger partial charge in [0.15, 0.2) is 11.9 Å². The first-order valence-electron chi connectivity index (χ1n) is 27.1. The lowest BCUT2D eigenvalue weighted by molar-refractivity contribution is -0.137. The molecule has 1 aliphatic heterocycles. The zero-order valence-electron chi connectivity index (χ0n) is 45.7. The van der Waals surface area contributed by atoms with Gasteiger partial charge in [-0.3, -0.25) is 53.1 Å². The highest BCUT2D eigenvalue weighted by molar-refractivity contribution is 5.99. The lowest BCUT2D eigenvalue weighted by atomic mass is 9.68. The molecule has 1 heterocycles. The first kappa shape index (κ1) is 63.5. The SMILES string of the molecule is CCOc1ccc(CC2NC(=O)CC3(CCCCC3)CCCC(C(=O)NC(CCCN=C(N)N)C(=O)NC(CCCN=C(N)N)C(N)=O)NC(=O)C(CC(N)=O)NC(=O)C(C(C)C)NC(=O)C(Cc3ccccc3)NC2=O)cc1. The Labute approximate surface area is 461 Å². The number of amides is 9. The van der Waals surface area contributed by atoms with Crippen molar-refractivity contribution in [2.45, 2.75) is 166 Å². The molecule has 0 aromatic heterocycles. The molecule has 2 aromatic rings. The molecule has 1 aliphatic carbocycles. The van der Waals surface area contributed by atoms with Crippen LogP contribution in [0.3, 0.4) is 0 Å². The molecule has 25 nitrogen and oxygen atoms in total. The van der Waals surface area contributed by atoms with Crippen LogP contribution in [0.15, 0.2) is 64.6 Å². The summed E-state index contributed by atoms with van der Waals surface area (Å²) in [5.41, 5.74) is 34.0. The molecule has 1 spiro atoms. The van der Waals surface area contributed by atoms with Crippen molar-refractivity contribution in [1.29, 1.82) is 0 Å². The molecule has 19 N–H and O–H groups in total. The van der Waals surface area contributed by atoms with Crippen LogP contribution in [0.4, 0.5) is 0 Å². The number of ether oxygens (including phenoxy) is 1. The highest BCUT2D eigenvalue weighted by Gasteiger charge is 2.39. The Morgan fingerprint density at radius 1 is 0.646 bits per heavy atom. The van der Waals surface area contributed by atoms with Gasteiger partial charge in [-0.15, -0.1) is 0 Å². The minimum Gasteiger partial charge on any atom is -0.494 e. The number of carbonyl (C=O) groups excluding carboxylic acids is 9. The number of carbonyl (C=O) groups is 9. The van der Waals surface area contributed by atoms with Gasteiger partial charge in [0.1, 0.15) is 48.0 Å². The Morgan fingerprint density at radius 3 is 1.76 bits per heavy atom. The average molecular weight is 1100 g/mol. The van der Waals surface area contributed by atoms with E-state index in [9.17, 15) is 43.2 Å². The van der Waals surface area contributed by atoms with E-state index in [1.54, 1.807) is 68.4 Å². The number of rotatable bonds is 22. The van der Waals surface area contributed by atoms with Crippen LogP contribution in [0.1, 0.15) is 122 Å². The van der Waals surface area contributed by atoms with E-state index in [1.165, 1.54) is 0 Å². The summed E-state index contributed by atoms with van der Waals surface area (Å²) < 4.78 is 5.64. The second-order valence-electron chi connectivity index (χ2n) is 20.7. The fourth-order valence-electron chi connectivity index (χ4n) is 9.86. The molecular formula is C54H83N15O10. The van der Waals surface area contributed by atoms with Crippen LogP contribution < -0.4 is 76.4 Å². The molecule has 79 heavy (non-hydrogen) atoms. The summed E-state index contributed by atoms with van der Waals surface area (Å²) in [6.45, 7) is 5.77. The van der Waals surface area contributed by atoms with Crippen molar-refractivity contribution < 1.29 is 47.9 Å². The van der Waals surface area contributed by atoms with Gasteiger partial charge >= 0.3 is 0 Å². The van der Waals surface area contributed by atoms with Gasteiger partial charge < -0.3 is 76.4 Å². The molecule has 7 atom stereocenters. The van der Waals surface area contributed by atoms with E-state index in [1.807, 2.05) is 6.92 Å². The van der Waals surface area contributed by atoms with Crippen LogP contribution in [-0.2, 0) is 56.0 Å². The second-order valence-corrected chi connectivity index (χ2v) is 20.7. The van der Waals surface area contributed by atoms with Crippen molar-refractivity contribution in [3.05, 3.63) is 65.7 Å². The van der Waals surface area contributed by atoms with Crippen molar-refractivity contribution in [2.75, 3.05) is 19.7 Å². The smallest absolute Gasteiger partial charge is 0.243 e. The van der Waals surface area contributed by atoms with Gasteiger partial charge in [-0.25, -0.2) is 0 Å². The second kappa shape index (κ2) is 32.0. The van der Waals surface area contributed by atoms with Gasteiger partial charge in [0.05, 0.1) is 13.0 Å². The normalized spacial score (nSPS) is 21.3. The summed E-state index contributed by atoms with van der Waals surface area (Å²) in [6.07, 6.45) is 4.06. The minimum atomic E-state index is -1.67. The van der Waals surface area contributed by atoms with Crippen LogP contribution in [0.25, 0.3) is 0 Å². The monoisotopic (exact) mass is 1100 g/mol. The zero-order chi connectivity index (χ0) is 58.1. The number of primary amides is 2. The number of hydrogen-bond donors (Lipinski definition) is 13. The number of nitrogens with two attached hydrogens (primary N) is 6. The predicted molar refractivity (Wildman–Crippen MR) is 297 cm³/mol. The maximum atomic E-state index is 14.7. The maximum absolute atomic E-state index is 14.7. The first-order valence-corrected chi connectivity index (χ1v) is 27.1. The molecule has 0 radical (unpaired) electrons. The van der Waals surface area contributed by atoms with Crippen molar-refractivity contribution in [1.82, 2.24) is 37.2 Å². The van der Waals surface area contributed by atoms with Crippen LogP contribution >= 0.6 is 0 Å². The number of nitrogens with one attached hydrogen (secondary N) is 7. The molecule has 434 valence electrons. The summed E-state index contributed by atoms with van der Waals surface area (Å²) in [6, 6.07) is 6.55. The number of aliphatic imine (C=N–C) groups is 2. The molecule has 0 bridgehead atoms. The maximum Gasteiger partial charge on any atom is 0.243 e. The lowest BCUT2D eigenvalue weighted by Gasteiger charge is -2.38. The Morgan fingerprint density at radius 2 is 1.19 bits per heavy atom. The Kier molecular flexibility index (Phi) is 25.8. The summed E-state index contributed by atoms with van der Waals surface area (Å²) in [4.78, 5) is 134. The van der Waals surface area contributed by atoms with Gasteiger partial charge in [-0.2, -0.15) is 0 Å². The fraction of sp³-hybridized carbons (Fsp3) is 0.574. The number of guanidine groups is 2. The molecule has 1 saturated carbocycles. The van der Waals surface area contributed by atoms with E-state index < -0.39 is 113 Å². The van der Waals surface area contributed by atoms with Crippen LogP contribution in [0.5, 0.6) is 5.75 Å². The molecule has 4 rings (SSSR count). The summed E-state index contributed by atoms with van der Waals surface area (Å²) in [7, 11) is 0. The van der Waals surface area contributed by atoms with Crippen LogP contribution in [0, 0.1) is 11.3 Å². The van der Waals surface area contributed by atoms with E-state index in [4.69, 9.17) is 39.1 Å². The van der Waals surface area contributed by atoms with Gasteiger partial charge in [0, 0.05) is 32.4 Å². The minimum absolute atomic E-state index is 0.00498. The zero-order valence-corrected chi connectivity index (χ0v) is 45.7. The van der Waals surface area contributed by atoms with E-state index in [0.29, 0.717) is 42.7 Å². The summed E-state index contributed by atoms with van der Waals surface area (Å²) in [5, 5.41) is 19.2. The molecule has 2 aromatic carbocycles. The van der Waals surface area contributed by atoms with E-state index >= 15 is 0 Å². The lowest BCUT2D eigenvalue weighted by Crippen LogP contribution is -2.61. The predicted octanol–water partition coefficient (Wildman–Crippen LogP) is -1.09. The fourth-order valence-corrected chi connectivity index (χ4v) is 9.86. The topological polar surface area (TPSA) is 428 Å². The van der Waals surface area contributed by atoms with E-state index in [-0.39, 0.29) is 82.8 Å². The molecular weight excluding hydrogens is 1020 g/mol. The third-order valence-corrected chi connectivity index (χ3v) is 14.0. The first-order chi connectivity index (χ1) is 37.6. The summed E-state index contributed by atoms with van der Waals surface area (Å²) >= 11 is 0. The molecule has 1 saturated heterocycles. The van der Waals surface area contributed by atoms with Gasteiger partial charge in [-0.05, 0) is 92.9 Å². The molecule has 7 unspecified atom stereocenters. The number of hydrogen-bond acceptors (Lipinski definition) is 12. The van der Waals surface area contributed by atoms with Gasteiger partial charge in [0.25, 0.3) is 0 Å². The van der Waals surface area contributed by atoms with Crippen molar-refractivity contribution >= 4 is 65.1 Å². The molecule has 2 fully saturated rings. The Hall–Kier alpha value is -7.99. The van der Waals surface area contributed by atoms with E-state index in [2.05, 4.69) is 47.2 Å². The van der Waals surface area contributed by atoms with Crippen LogP contribution in [0.2, 0.25) is 0 Å². The van der Waals surface area contributed by atoms with E-state index in [0.717, 1.165) is 19.3 Å². The number of nitrogens with zero attached hydrogens (tertiary/aromatic N) is 2. The van der Waals surface area contributed by atoms with Gasteiger partial charge in [0.2, 0.25) is 53.2 Å². The van der Waals surface area contributed by atoms with Crippen LogP contribution in [-0.4, -0.2) is 127 Å². The van der Waals surface area contributed by atoms with Crippen molar-refractivity contribution in [2.24, 2.45) is 55.7 Å². The summed E-state index contributed by atoms with van der Waals surface area (Å²) in [5.74, 6) is -7.58. The molecule has 2 aliphatic rings. The quantitative estimate of drug-likeness (QED) is 0.0379. The van der Waals surface area contributed by atoms with Gasteiger partial charge in [-0.1, -0.05) is 82.0 Å². The Bertz CT molecular complexity index is 2440. The third-order valence-electron chi connectivity index (χ3n) is 14.0. The molecule has 9 amide bonds. The number of benzene rings is 2. The highest BCUT2D eigenvalue weighted by atomic mass is 16.5. The highest BCUT2D eigenvalue weighted by Crippen LogP contribution is 2.43. The van der Waals surface area contributed by atoms with Crippen molar-refractivity contribution in [3.8, 4) is 5.75 Å². The third kappa shape index (κ3) is 22.1. The Balaban J connectivity index is 1.79. The largest absolute Gasteiger partial charge is 0.494 e. The van der Waals surface area contributed by atoms with Crippen molar-refractivity contribution in [3.63, 3.8) is 0 Å². The average Bonchev–Trinajstić information content (AvgIpc) is 3.39. The standard InChI is InChI=1S/C54H83N15O10/c1-4-79-35-21-19-34(20-22-35)29-39-48(75)67-40(28-33-14-7-5-8-15-33)50(77)69-44(32(2)3)51(78)68-41(30-42(55)70)49(76)66-37(16-11-25-54(31-43(71)63-39)23-9-6-10-24-54)47(74)65-38(18-13-27-62-53(59)60)46(73)64-36(45(56)72)17-12-26-61-52(57)58/h5,7-8,14-15,19-22,32,36-41,44H,4,6,9-13,16-18,23-31H2,1-3H3,(H2,55,70)(H2,56,72)(H,63,71)(H,64,73)(H,65,74)(H,66,76)(H,67,75)(H,68,78)(H,69,77)(H4,57,58,61)(H4,59,60,62).